The Morgan fingerprint density at radius 1 is 1.25 bits per heavy atom. The molecule has 0 aliphatic heterocycles. The van der Waals surface area contributed by atoms with Crippen molar-refractivity contribution < 1.29 is 17.9 Å². The van der Waals surface area contributed by atoms with Crippen LogP contribution in [0.1, 0.15) is 42.5 Å². The molecule has 0 saturated heterocycles. The number of carbonyl (C=O) groups is 1. The summed E-state index contributed by atoms with van der Waals surface area (Å²) in [6, 6.07) is 4.05. The van der Waals surface area contributed by atoms with E-state index in [1.807, 2.05) is 0 Å². The van der Waals surface area contributed by atoms with E-state index in [0.29, 0.717) is 4.47 Å². The van der Waals surface area contributed by atoms with Crippen LogP contribution < -0.4 is 0 Å². The minimum atomic E-state index is -3.87. The van der Waals surface area contributed by atoms with Crippen molar-refractivity contribution in [1.82, 2.24) is 0 Å². The van der Waals surface area contributed by atoms with Gasteiger partial charge in [-0.05, 0) is 59.8 Å². The number of hydrogen-bond donors (Lipinski definition) is 0. The Bertz CT molecular complexity index is 609. The monoisotopic (exact) mass is 380 g/mol. The third-order valence-electron chi connectivity index (χ3n) is 3.27. The van der Waals surface area contributed by atoms with Gasteiger partial charge in [-0.1, -0.05) is 6.42 Å². The molecule has 4 nitrogen and oxygen atoms in total. The smallest absolute Gasteiger partial charge is 0.339 e. The second-order valence-corrected chi connectivity index (χ2v) is 8.17. The lowest BCUT2D eigenvalue weighted by molar-refractivity contribution is 0.0210. The first-order valence-corrected chi connectivity index (χ1v) is 9.43. The maximum absolute atomic E-state index is 12.1. The molecule has 1 aliphatic carbocycles. The molecule has 20 heavy (non-hydrogen) atoms. The van der Waals surface area contributed by atoms with Crippen molar-refractivity contribution in [3.05, 3.63) is 28.2 Å². The van der Waals surface area contributed by atoms with Crippen molar-refractivity contribution in [3.63, 3.8) is 0 Å². The van der Waals surface area contributed by atoms with Gasteiger partial charge in [0, 0.05) is 15.2 Å². The Morgan fingerprint density at radius 3 is 2.50 bits per heavy atom. The highest BCUT2D eigenvalue weighted by atomic mass is 79.9. The number of hydrogen-bond acceptors (Lipinski definition) is 4. The van der Waals surface area contributed by atoms with Crippen LogP contribution in [-0.4, -0.2) is 20.5 Å². The Hall–Kier alpha value is -0.590. The second-order valence-electron chi connectivity index (χ2n) is 4.74. The van der Waals surface area contributed by atoms with Crippen LogP contribution in [-0.2, 0) is 13.8 Å². The minimum Gasteiger partial charge on any atom is -0.459 e. The maximum Gasteiger partial charge on any atom is 0.339 e. The zero-order chi connectivity index (χ0) is 14.8. The molecule has 0 heterocycles. The van der Waals surface area contributed by atoms with E-state index in [0.717, 1.165) is 32.1 Å². The lowest BCUT2D eigenvalue weighted by atomic mass is 9.98. The molecule has 1 saturated carbocycles. The summed E-state index contributed by atoms with van der Waals surface area (Å²) in [4.78, 5) is 12.0. The number of rotatable bonds is 3. The number of carbonyl (C=O) groups excluding carboxylic acids is 1. The van der Waals surface area contributed by atoms with Gasteiger partial charge in [-0.15, -0.1) is 0 Å². The minimum absolute atomic E-state index is 0.0839. The topological polar surface area (TPSA) is 60.4 Å². The molecule has 1 aromatic rings. The van der Waals surface area contributed by atoms with Crippen molar-refractivity contribution >= 4 is 41.6 Å². The van der Waals surface area contributed by atoms with Crippen LogP contribution in [0.25, 0.3) is 0 Å². The largest absolute Gasteiger partial charge is 0.459 e. The van der Waals surface area contributed by atoms with Crippen molar-refractivity contribution in [1.29, 1.82) is 0 Å². The van der Waals surface area contributed by atoms with Gasteiger partial charge >= 0.3 is 5.97 Å². The Balaban J connectivity index is 2.20. The van der Waals surface area contributed by atoms with E-state index in [9.17, 15) is 13.2 Å². The summed E-state index contributed by atoms with van der Waals surface area (Å²) in [5.41, 5.74) is 0.178. The fourth-order valence-electron chi connectivity index (χ4n) is 2.21. The Kier molecular flexibility index (Phi) is 5.09. The molecule has 0 unspecified atom stereocenters. The summed E-state index contributed by atoms with van der Waals surface area (Å²) < 4.78 is 28.5. The van der Waals surface area contributed by atoms with E-state index in [-0.39, 0.29) is 16.6 Å². The molecular weight excluding hydrogens is 368 g/mol. The zero-order valence-corrected chi connectivity index (χ0v) is 13.8. The van der Waals surface area contributed by atoms with E-state index < -0.39 is 15.0 Å². The molecule has 2 rings (SSSR count). The average molecular weight is 382 g/mol. The number of ether oxygens (including phenoxy) is 1. The van der Waals surface area contributed by atoms with E-state index in [4.69, 9.17) is 15.4 Å². The summed E-state index contributed by atoms with van der Waals surface area (Å²) in [6.45, 7) is 0. The second kappa shape index (κ2) is 6.45. The highest BCUT2D eigenvalue weighted by molar-refractivity contribution is 9.10. The first-order valence-electron chi connectivity index (χ1n) is 6.33. The van der Waals surface area contributed by atoms with Crippen LogP contribution in [0.3, 0.4) is 0 Å². The van der Waals surface area contributed by atoms with Crippen molar-refractivity contribution in [2.45, 2.75) is 43.1 Å². The summed E-state index contributed by atoms with van der Waals surface area (Å²) in [5.74, 6) is -0.522. The lowest BCUT2D eigenvalue weighted by Crippen LogP contribution is -2.21. The first-order chi connectivity index (χ1) is 9.38. The molecule has 0 amide bonds. The molecule has 0 atom stereocenters. The van der Waals surface area contributed by atoms with E-state index in [1.165, 1.54) is 18.2 Å². The van der Waals surface area contributed by atoms with Gasteiger partial charge in [0.25, 0.3) is 9.05 Å². The Morgan fingerprint density at radius 2 is 1.90 bits per heavy atom. The van der Waals surface area contributed by atoms with E-state index >= 15 is 0 Å². The van der Waals surface area contributed by atoms with Crippen molar-refractivity contribution in [2.75, 3.05) is 0 Å². The first kappa shape index (κ1) is 15.8. The molecule has 0 bridgehead atoms. The fraction of sp³-hybridized carbons (Fsp3) is 0.462. The van der Waals surface area contributed by atoms with Gasteiger partial charge in [0.05, 0.1) is 10.5 Å². The predicted octanol–water partition coefficient (Wildman–Crippen LogP) is 3.87. The molecule has 0 radical (unpaired) electrons. The number of esters is 1. The van der Waals surface area contributed by atoms with Crippen LogP contribution in [0.2, 0.25) is 0 Å². The molecule has 0 N–H and O–H groups in total. The molecule has 0 spiro atoms. The Labute approximate surface area is 131 Å². The van der Waals surface area contributed by atoms with E-state index in [1.54, 1.807) is 0 Å². The van der Waals surface area contributed by atoms with Crippen LogP contribution in [0.5, 0.6) is 0 Å². The zero-order valence-electron chi connectivity index (χ0n) is 10.6. The van der Waals surface area contributed by atoms with Gasteiger partial charge in [0.1, 0.15) is 6.10 Å². The highest BCUT2D eigenvalue weighted by Crippen LogP contribution is 2.26. The molecule has 1 aromatic carbocycles. The van der Waals surface area contributed by atoms with E-state index in [2.05, 4.69) is 15.9 Å². The van der Waals surface area contributed by atoms with Crippen LogP contribution in [0.15, 0.2) is 27.6 Å². The van der Waals surface area contributed by atoms with Gasteiger partial charge in [0.15, 0.2) is 0 Å². The van der Waals surface area contributed by atoms with Crippen LogP contribution in [0, 0.1) is 0 Å². The van der Waals surface area contributed by atoms with Gasteiger partial charge < -0.3 is 4.74 Å². The summed E-state index contributed by atoms with van der Waals surface area (Å²) >= 11 is 3.22. The fourth-order valence-corrected chi connectivity index (χ4v) is 3.40. The summed E-state index contributed by atoms with van der Waals surface area (Å²) in [7, 11) is 1.42. The molecule has 0 aromatic heterocycles. The normalized spacial score (nSPS) is 16.9. The predicted molar refractivity (Wildman–Crippen MR) is 79.5 cm³/mol. The molecule has 1 fully saturated rings. The van der Waals surface area contributed by atoms with Gasteiger partial charge in [0.2, 0.25) is 0 Å². The molecule has 7 heteroatoms. The number of benzene rings is 1. The summed E-state index contributed by atoms with van der Waals surface area (Å²) in [5, 5.41) is 0. The molecule has 1 aliphatic rings. The van der Waals surface area contributed by atoms with Crippen molar-refractivity contribution in [3.8, 4) is 0 Å². The molecular formula is C13H14BrClO4S. The molecule has 110 valence electrons. The van der Waals surface area contributed by atoms with Crippen LogP contribution in [0.4, 0.5) is 0 Å². The van der Waals surface area contributed by atoms with Gasteiger partial charge in [-0.25, -0.2) is 13.2 Å². The quantitative estimate of drug-likeness (QED) is 0.589. The highest BCUT2D eigenvalue weighted by Gasteiger charge is 2.22. The third kappa shape index (κ3) is 3.96. The summed E-state index contributed by atoms with van der Waals surface area (Å²) in [6.07, 6.45) is 4.90. The standard InChI is InChI=1S/C13H14BrClO4S/c14-12-7-6-10(20(15,17)18)8-11(12)13(16)19-9-4-2-1-3-5-9/h6-9H,1-5H2. The number of halogens is 2. The SMILES string of the molecule is O=C(OC1CCCCC1)c1cc(S(=O)(=O)Cl)ccc1Br. The van der Waals surface area contributed by atoms with Crippen LogP contribution >= 0.6 is 26.6 Å². The van der Waals surface area contributed by atoms with Gasteiger partial charge in [-0.2, -0.15) is 0 Å². The lowest BCUT2D eigenvalue weighted by Gasteiger charge is -2.22. The van der Waals surface area contributed by atoms with Crippen molar-refractivity contribution in [2.24, 2.45) is 0 Å². The van der Waals surface area contributed by atoms with Gasteiger partial charge in [-0.3, -0.25) is 0 Å². The maximum atomic E-state index is 12.1. The average Bonchev–Trinajstić information content (AvgIpc) is 2.39. The third-order valence-corrected chi connectivity index (χ3v) is 5.31.